The number of ether oxygens (including phenoxy) is 1. The Labute approximate surface area is 162 Å². The minimum absolute atomic E-state index is 0.00522. The molecule has 2 aromatic carbocycles. The summed E-state index contributed by atoms with van der Waals surface area (Å²) in [4.78, 5) is 25.8. The Morgan fingerprint density at radius 1 is 0.852 bits per heavy atom. The number of para-hydroxylation sites is 1. The van der Waals surface area contributed by atoms with Gasteiger partial charge in [0.25, 0.3) is 0 Å². The van der Waals surface area contributed by atoms with E-state index in [0.29, 0.717) is 30.1 Å². The molecule has 0 saturated heterocycles. The molecule has 5 nitrogen and oxygen atoms in total. The Hall–Kier alpha value is -3.12. The third-order valence-electron chi connectivity index (χ3n) is 3.74. The average Bonchev–Trinajstić information content (AvgIpc) is 3.19. The van der Waals surface area contributed by atoms with Gasteiger partial charge in [0, 0.05) is 10.4 Å². The van der Waals surface area contributed by atoms with Gasteiger partial charge in [0.05, 0.1) is 18.0 Å². The molecule has 27 heavy (non-hydrogen) atoms. The van der Waals surface area contributed by atoms with E-state index in [1.54, 1.807) is 18.2 Å². The maximum Gasteiger partial charge on any atom is 0.315 e. The molecule has 0 unspecified atom stereocenters. The van der Waals surface area contributed by atoms with E-state index in [1.807, 2.05) is 54.6 Å². The summed E-state index contributed by atoms with van der Waals surface area (Å²) in [6, 6.07) is 22.0. The van der Waals surface area contributed by atoms with Gasteiger partial charge in [-0.2, -0.15) is 0 Å². The number of carbonyl (C=O) groups excluding carboxylic acids is 2. The van der Waals surface area contributed by atoms with Crippen molar-refractivity contribution in [2.45, 2.75) is 6.54 Å². The lowest BCUT2D eigenvalue weighted by Gasteiger charge is -2.08. The zero-order chi connectivity index (χ0) is 18.9. The molecule has 138 valence electrons. The summed E-state index contributed by atoms with van der Waals surface area (Å²) >= 11 is 1.39. The lowest BCUT2D eigenvalue weighted by atomic mass is 10.1. The number of amides is 2. The van der Waals surface area contributed by atoms with Crippen molar-refractivity contribution in [3.8, 4) is 5.75 Å². The van der Waals surface area contributed by atoms with Crippen LogP contribution in [-0.2, 0) is 6.54 Å². The van der Waals surface area contributed by atoms with Crippen LogP contribution in [0.25, 0.3) is 0 Å². The first kappa shape index (κ1) is 18.7. The highest BCUT2D eigenvalue weighted by atomic mass is 32.1. The normalized spacial score (nSPS) is 10.2. The van der Waals surface area contributed by atoms with Crippen LogP contribution in [0, 0.1) is 0 Å². The van der Waals surface area contributed by atoms with E-state index in [1.165, 1.54) is 11.3 Å². The molecule has 0 spiro atoms. The van der Waals surface area contributed by atoms with Crippen LogP contribution in [-0.4, -0.2) is 25.0 Å². The molecule has 0 saturated carbocycles. The molecular weight excluding hydrogens is 360 g/mol. The van der Waals surface area contributed by atoms with Gasteiger partial charge < -0.3 is 15.4 Å². The Balaban J connectivity index is 1.39. The third kappa shape index (κ3) is 5.69. The van der Waals surface area contributed by atoms with Crippen molar-refractivity contribution in [1.29, 1.82) is 0 Å². The second-order valence-corrected chi connectivity index (χ2v) is 6.90. The Morgan fingerprint density at radius 2 is 1.56 bits per heavy atom. The maximum atomic E-state index is 12.4. The number of ketones is 1. The number of carbonyl (C=O) groups is 2. The zero-order valence-corrected chi connectivity index (χ0v) is 15.5. The van der Waals surface area contributed by atoms with Gasteiger partial charge in [-0.05, 0) is 24.3 Å². The molecule has 0 bridgehead atoms. The summed E-state index contributed by atoms with van der Waals surface area (Å²) in [5.74, 6) is 0.767. The SMILES string of the molecule is O=C(NCCOc1ccccc1)NCc1ccc(C(=O)c2ccccc2)s1. The number of thiophene rings is 1. The maximum absolute atomic E-state index is 12.4. The zero-order valence-electron chi connectivity index (χ0n) is 14.7. The highest BCUT2D eigenvalue weighted by molar-refractivity contribution is 7.14. The molecule has 0 aliphatic heterocycles. The van der Waals surface area contributed by atoms with Gasteiger partial charge in [-0.1, -0.05) is 48.5 Å². The molecule has 0 atom stereocenters. The molecule has 3 aromatic rings. The second-order valence-electron chi connectivity index (χ2n) is 5.73. The molecule has 3 rings (SSSR count). The van der Waals surface area contributed by atoms with Crippen LogP contribution in [0.2, 0.25) is 0 Å². The van der Waals surface area contributed by atoms with Crippen LogP contribution in [0.1, 0.15) is 20.1 Å². The summed E-state index contributed by atoms with van der Waals surface area (Å²) in [7, 11) is 0. The van der Waals surface area contributed by atoms with Gasteiger partial charge >= 0.3 is 6.03 Å². The minimum atomic E-state index is -0.268. The van der Waals surface area contributed by atoms with Gasteiger partial charge in [0.1, 0.15) is 12.4 Å². The Kier molecular flexibility index (Phi) is 6.60. The number of rotatable bonds is 8. The number of hydrogen-bond donors (Lipinski definition) is 2. The van der Waals surface area contributed by atoms with Crippen molar-refractivity contribution in [1.82, 2.24) is 10.6 Å². The quantitative estimate of drug-likeness (QED) is 0.461. The summed E-state index contributed by atoms with van der Waals surface area (Å²) in [6.07, 6.45) is 0. The minimum Gasteiger partial charge on any atom is -0.492 e. The number of urea groups is 1. The molecular formula is C21H20N2O3S. The van der Waals surface area contributed by atoms with Crippen LogP contribution in [0.15, 0.2) is 72.8 Å². The smallest absolute Gasteiger partial charge is 0.315 e. The molecule has 1 heterocycles. The van der Waals surface area contributed by atoms with Crippen LogP contribution < -0.4 is 15.4 Å². The fourth-order valence-corrected chi connectivity index (χ4v) is 3.32. The van der Waals surface area contributed by atoms with Crippen molar-refractivity contribution in [3.63, 3.8) is 0 Å². The van der Waals surface area contributed by atoms with E-state index in [2.05, 4.69) is 10.6 Å². The lowest BCUT2D eigenvalue weighted by Crippen LogP contribution is -2.37. The molecule has 1 aromatic heterocycles. The topological polar surface area (TPSA) is 67.4 Å². The Morgan fingerprint density at radius 3 is 2.30 bits per heavy atom. The van der Waals surface area contributed by atoms with Crippen LogP contribution in [0.5, 0.6) is 5.75 Å². The first-order chi connectivity index (χ1) is 13.2. The largest absolute Gasteiger partial charge is 0.492 e. The van der Waals surface area contributed by atoms with Crippen molar-refractivity contribution in [2.24, 2.45) is 0 Å². The molecule has 0 aliphatic carbocycles. The predicted octanol–water partition coefficient (Wildman–Crippen LogP) is 3.86. The molecule has 2 amide bonds. The molecule has 2 N–H and O–H groups in total. The molecule has 0 fully saturated rings. The standard InChI is InChI=1S/C21H20N2O3S/c24-20(16-7-3-1-4-8-16)19-12-11-18(27-19)15-23-21(25)22-13-14-26-17-9-5-2-6-10-17/h1-12H,13-15H2,(H2,22,23,25). The van der Waals surface area contributed by atoms with E-state index in [0.717, 1.165) is 10.6 Å². The fourth-order valence-electron chi connectivity index (χ4n) is 2.41. The molecule has 0 radical (unpaired) electrons. The number of hydrogen-bond acceptors (Lipinski definition) is 4. The summed E-state index contributed by atoms with van der Waals surface area (Å²) < 4.78 is 5.51. The summed E-state index contributed by atoms with van der Waals surface area (Å²) in [5.41, 5.74) is 0.662. The van der Waals surface area contributed by atoms with Crippen LogP contribution in [0.3, 0.4) is 0 Å². The first-order valence-electron chi connectivity index (χ1n) is 8.60. The van der Waals surface area contributed by atoms with E-state index in [-0.39, 0.29) is 11.8 Å². The number of benzene rings is 2. The number of nitrogens with one attached hydrogen (secondary N) is 2. The second kappa shape index (κ2) is 9.54. The highest BCUT2D eigenvalue weighted by Gasteiger charge is 2.11. The van der Waals surface area contributed by atoms with Crippen LogP contribution >= 0.6 is 11.3 Å². The molecule has 6 heteroatoms. The fraction of sp³-hybridized carbons (Fsp3) is 0.143. The highest BCUT2D eigenvalue weighted by Crippen LogP contribution is 2.20. The van der Waals surface area contributed by atoms with Crippen molar-refractivity contribution in [2.75, 3.05) is 13.2 Å². The summed E-state index contributed by atoms with van der Waals surface area (Å²) in [5, 5.41) is 5.52. The van der Waals surface area contributed by atoms with Gasteiger partial charge in [-0.15, -0.1) is 11.3 Å². The summed E-state index contributed by atoms with van der Waals surface area (Å²) in [6.45, 7) is 1.17. The third-order valence-corrected chi connectivity index (χ3v) is 4.83. The van der Waals surface area contributed by atoms with E-state index in [9.17, 15) is 9.59 Å². The average molecular weight is 380 g/mol. The monoisotopic (exact) mass is 380 g/mol. The Bertz CT molecular complexity index is 879. The molecule has 0 aliphatic rings. The van der Waals surface area contributed by atoms with Crippen molar-refractivity contribution < 1.29 is 14.3 Å². The van der Waals surface area contributed by atoms with Crippen molar-refractivity contribution >= 4 is 23.2 Å². The van der Waals surface area contributed by atoms with Gasteiger partial charge in [0.2, 0.25) is 5.78 Å². The predicted molar refractivity (Wildman–Crippen MR) is 106 cm³/mol. The van der Waals surface area contributed by atoms with Gasteiger partial charge in [0.15, 0.2) is 0 Å². The van der Waals surface area contributed by atoms with E-state index >= 15 is 0 Å². The van der Waals surface area contributed by atoms with E-state index < -0.39 is 0 Å². The van der Waals surface area contributed by atoms with E-state index in [4.69, 9.17) is 4.74 Å². The lowest BCUT2D eigenvalue weighted by molar-refractivity contribution is 0.104. The van der Waals surface area contributed by atoms with Gasteiger partial charge in [-0.25, -0.2) is 4.79 Å². The van der Waals surface area contributed by atoms with Gasteiger partial charge in [-0.3, -0.25) is 4.79 Å². The van der Waals surface area contributed by atoms with Crippen LogP contribution in [0.4, 0.5) is 4.79 Å². The van der Waals surface area contributed by atoms with Crippen molar-refractivity contribution in [3.05, 3.63) is 88.1 Å². The first-order valence-corrected chi connectivity index (χ1v) is 9.42.